The Labute approximate surface area is 148 Å². The third-order valence-electron chi connectivity index (χ3n) is 3.91. The summed E-state index contributed by atoms with van der Waals surface area (Å²) in [6.45, 7) is 0. The van der Waals surface area contributed by atoms with Crippen LogP contribution in [0.5, 0.6) is 0 Å². The van der Waals surface area contributed by atoms with Crippen LogP contribution in [0.25, 0.3) is 0 Å². The van der Waals surface area contributed by atoms with Crippen molar-refractivity contribution < 1.29 is 0 Å². The summed E-state index contributed by atoms with van der Waals surface area (Å²) in [5.41, 5.74) is 1.32. The monoisotopic (exact) mass is 354 g/mol. The summed E-state index contributed by atoms with van der Waals surface area (Å²) in [4.78, 5) is 1.29. The molecule has 0 saturated heterocycles. The molecule has 0 unspecified atom stereocenters. The summed E-state index contributed by atoms with van der Waals surface area (Å²) >= 11 is 8.06. The molecule has 0 spiro atoms. The highest BCUT2D eigenvalue weighted by Gasteiger charge is 2.22. The molecule has 0 aliphatic carbocycles. The van der Waals surface area contributed by atoms with Gasteiger partial charge in [0.05, 0.1) is 0 Å². The smallest absolute Gasteiger partial charge is 0.0147 e. The van der Waals surface area contributed by atoms with Gasteiger partial charge in [0.25, 0.3) is 0 Å². The number of benzene rings is 3. The number of hydrogen-bond donors (Lipinski definition) is 0. The fraction of sp³-hybridized carbons (Fsp3) is 0.100. The number of hydrogen-bond acceptors (Lipinski definition) is 2. The topological polar surface area (TPSA) is 0 Å². The highest BCUT2D eigenvalue weighted by Crippen LogP contribution is 2.47. The molecule has 116 valence electrons. The molecule has 0 aromatic heterocycles. The van der Waals surface area contributed by atoms with Crippen LogP contribution in [0, 0.1) is 0 Å². The zero-order valence-corrected chi connectivity index (χ0v) is 15.6. The molecule has 3 aromatic rings. The third kappa shape index (κ3) is 3.77. The fourth-order valence-corrected chi connectivity index (χ4v) is 6.94. The van der Waals surface area contributed by atoms with Crippen molar-refractivity contribution >= 4 is 40.2 Å². The lowest BCUT2D eigenvalue weighted by Gasteiger charge is -2.23. The van der Waals surface area contributed by atoms with Crippen molar-refractivity contribution in [2.45, 2.75) is 11.1 Å². The summed E-state index contributed by atoms with van der Waals surface area (Å²) < 4.78 is 0. The minimum Gasteiger partial charge on any atom is -0.130 e. The predicted molar refractivity (Wildman–Crippen MR) is 108 cm³/mol. The van der Waals surface area contributed by atoms with Gasteiger partial charge in [0.15, 0.2) is 0 Å². The molecule has 0 atom stereocenters. The Morgan fingerprint density at radius 3 is 1.65 bits per heavy atom. The Morgan fingerprint density at radius 2 is 1.22 bits per heavy atom. The maximum absolute atomic E-state index is 6.28. The van der Waals surface area contributed by atoms with Gasteiger partial charge in [-0.05, 0) is 34.6 Å². The second kappa shape index (κ2) is 7.49. The van der Waals surface area contributed by atoms with E-state index in [0.717, 1.165) is 6.16 Å². The summed E-state index contributed by atoms with van der Waals surface area (Å²) in [5, 5.41) is 2.57. The van der Waals surface area contributed by atoms with Gasteiger partial charge in [-0.3, -0.25) is 0 Å². The largest absolute Gasteiger partial charge is 0.130 e. The lowest BCUT2D eigenvalue weighted by atomic mass is 10.2. The maximum Gasteiger partial charge on any atom is 0.0147 e. The van der Waals surface area contributed by atoms with Gasteiger partial charge in [0, 0.05) is 17.1 Å². The second-order valence-corrected chi connectivity index (χ2v) is 11.0. The number of thioether (sulfide) groups is 1. The van der Waals surface area contributed by atoms with E-state index in [0.29, 0.717) is 0 Å². The fourth-order valence-electron chi connectivity index (χ4n) is 2.66. The Balaban J connectivity index is 2.04. The molecule has 0 bridgehead atoms. The standard InChI is InChI=1S/C20H19PS2/c1-23-20-14-12-17(13-15-20)16-21(22,18-8-4-2-5-9-18)19-10-6-3-7-11-19/h2-15H,16H2,1H3. The van der Waals surface area contributed by atoms with Crippen LogP contribution in [-0.2, 0) is 18.0 Å². The lowest BCUT2D eigenvalue weighted by Crippen LogP contribution is -2.17. The molecular formula is C20H19PS2. The predicted octanol–water partition coefficient (Wildman–Crippen LogP) is 5.04. The quantitative estimate of drug-likeness (QED) is 0.465. The van der Waals surface area contributed by atoms with E-state index in [1.54, 1.807) is 11.8 Å². The van der Waals surface area contributed by atoms with Crippen LogP contribution < -0.4 is 10.6 Å². The van der Waals surface area contributed by atoms with Crippen molar-refractivity contribution in [1.82, 2.24) is 0 Å². The van der Waals surface area contributed by atoms with Crippen LogP contribution in [0.1, 0.15) is 5.56 Å². The number of rotatable bonds is 5. The molecule has 0 radical (unpaired) electrons. The average Bonchev–Trinajstić information content (AvgIpc) is 2.64. The molecule has 3 rings (SSSR count). The molecule has 3 aromatic carbocycles. The van der Waals surface area contributed by atoms with Crippen LogP contribution in [0.4, 0.5) is 0 Å². The summed E-state index contributed by atoms with van der Waals surface area (Å²) in [5.74, 6) is 0. The van der Waals surface area contributed by atoms with Crippen LogP contribution in [0.3, 0.4) is 0 Å². The van der Waals surface area contributed by atoms with Crippen molar-refractivity contribution in [1.29, 1.82) is 0 Å². The van der Waals surface area contributed by atoms with Gasteiger partial charge >= 0.3 is 0 Å². The Kier molecular flexibility index (Phi) is 5.38. The maximum atomic E-state index is 6.28. The zero-order valence-electron chi connectivity index (χ0n) is 13.1. The zero-order chi connectivity index (χ0) is 16.1. The van der Waals surface area contributed by atoms with E-state index in [9.17, 15) is 0 Å². The molecule has 0 amide bonds. The van der Waals surface area contributed by atoms with E-state index in [4.69, 9.17) is 11.8 Å². The van der Waals surface area contributed by atoms with E-state index in [1.165, 1.54) is 21.1 Å². The van der Waals surface area contributed by atoms with E-state index >= 15 is 0 Å². The van der Waals surface area contributed by atoms with E-state index < -0.39 is 6.04 Å². The first-order valence-corrected chi connectivity index (χ1v) is 11.8. The first-order chi connectivity index (χ1) is 11.2. The third-order valence-corrected chi connectivity index (χ3v) is 9.38. The Morgan fingerprint density at radius 1 is 0.739 bits per heavy atom. The van der Waals surface area contributed by atoms with Crippen molar-refractivity contribution in [2.24, 2.45) is 0 Å². The molecule has 0 aliphatic rings. The minimum atomic E-state index is -1.84. The normalized spacial score (nSPS) is 11.3. The molecule has 0 heterocycles. The van der Waals surface area contributed by atoms with Gasteiger partial charge < -0.3 is 0 Å². The molecule has 0 aliphatic heterocycles. The van der Waals surface area contributed by atoms with Gasteiger partial charge in [-0.2, -0.15) is 0 Å². The van der Waals surface area contributed by atoms with Crippen molar-refractivity contribution in [3.63, 3.8) is 0 Å². The molecule has 0 fully saturated rings. The van der Waals surface area contributed by atoms with Crippen molar-refractivity contribution in [3.05, 3.63) is 90.5 Å². The summed E-state index contributed by atoms with van der Waals surface area (Å²) in [6.07, 6.45) is 3.03. The first kappa shape index (κ1) is 16.5. The van der Waals surface area contributed by atoms with Crippen LogP contribution >= 0.6 is 17.8 Å². The Bertz CT molecular complexity index is 753. The Hall–Kier alpha value is -1.34. The van der Waals surface area contributed by atoms with Crippen LogP contribution in [0.15, 0.2) is 89.8 Å². The molecule has 0 N–H and O–H groups in total. The van der Waals surface area contributed by atoms with E-state index in [-0.39, 0.29) is 0 Å². The van der Waals surface area contributed by atoms with Gasteiger partial charge in [-0.15, -0.1) is 11.8 Å². The minimum absolute atomic E-state index is 0.922. The lowest BCUT2D eigenvalue weighted by molar-refractivity contribution is 1.34. The van der Waals surface area contributed by atoms with E-state index in [1.807, 2.05) is 0 Å². The molecule has 23 heavy (non-hydrogen) atoms. The van der Waals surface area contributed by atoms with Gasteiger partial charge in [-0.25, -0.2) is 0 Å². The second-order valence-electron chi connectivity index (χ2n) is 5.42. The van der Waals surface area contributed by atoms with Crippen molar-refractivity contribution in [3.8, 4) is 0 Å². The van der Waals surface area contributed by atoms with Crippen LogP contribution in [0.2, 0.25) is 0 Å². The molecule has 0 nitrogen and oxygen atoms in total. The van der Waals surface area contributed by atoms with Crippen LogP contribution in [-0.4, -0.2) is 6.26 Å². The molecular weight excluding hydrogens is 335 g/mol. The summed E-state index contributed by atoms with van der Waals surface area (Å²) in [7, 11) is 0. The van der Waals surface area contributed by atoms with Gasteiger partial charge in [-0.1, -0.05) is 84.6 Å². The molecule has 0 saturated carbocycles. The SMILES string of the molecule is CSc1ccc(CP(=S)(c2ccccc2)c2ccccc2)cc1. The summed E-state index contributed by atoms with van der Waals surface area (Å²) in [6, 6.07) is 28.2. The average molecular weight is 354 g/mol. The van der Waals surface area contributed by atoms with Crippen molar-refractivity contribution in [2.75, 3.05) is 6.26 Å². The first-order valence-electron chi connectivity index (χ1n) is 7.55. The van der Waals surface area contributed by atoms with Gasteiger partial charge in [0.2, 0.25) is 0 Å². The van der Waals surface area contributed by atoms with Gasteiger partial charge in [0.1, 0.15) is 0 Å². The van der Waals surface area contributed by atoms with E-state index in [2.05, 4.69) is 91.2 Å². The highest BCUT2D eigenvalue weighted by molar-refractivity contribution is 8.21. The highest BCUT2D eigenvalue weighted by atomic mass is 32.4. The molecule has 3 heteroatoms.